The topological polar surface area (TPSA) is 136 Å². The number of fused-ring (bicyclic) bond motifs is 1. The number of amides is 2. The van der Waals surface area contributed by atoms with Crippen molar-refractivity contribution in [2.24, 2.45) is 5.92 Å². The van der Waals surface area contributed by atoms with Crippen LogP contribution in [0.4, 0.5) is 11.6 Å². The van der Waals surface area contributed by atoms with Gasteiger partial charge in [-0.3, -0.25) is 14.5 Å². The number of rotatable bonds is 12. The zero-order chi connectivity index (χ0) is 32.3. The molecule has 2 saturated carbocycles. The van der Waals surface area contributed by atoms with E-state index in [2.05, 4.69) is 37.6 Å². The van der Waals surface area contributed by atoms with E-state index in [1.807, 2.05) is 30.0 Å². The molecule has 12 nitrogen and oxygen atoms in total. The van der Waals surface area contributed by atoms with Crippen LogP contribution in [0.3, 0.4) is 0 Å². The number of ether oxygens (including phenoxy) is 1. The van der Waals surface area contributed by atoms with E-state index in [-0.39, 0.29) is 24.3 Å². The Morgan fingerprint density at radius 1 is 1.06 bits per heavy atom. The number of benzene rings is 1. The molecular formula is C35H45N7O5. The van der Waals surface area contributed by atoms with E-state index < -0.39 is 6.10 Å². The normalized spacial score (nSPS) is 19.1. The van der Waals surface area contributed by atoms with E-state index in [1.165, 1.54) is 23.9 Å². The Labute approximate surface area is 275 Å². The van der Waals surface area contributed by atoms with Crippen molar-refractivity contribution in [1.82, 2.24) is 25.1 Å². The summed E-state index contributed by atoms with van der Waals surface area (Å²) in [5.41, 5.74) is 3.80. The van der Waals surface area contributed by atoms with Crippen molar-refractivity contribution < 1.29 is 23.8 Å². The minimum absolute atomic E-state index is 0.154. The van der Waals surface area contributed by atoms with Crippen LogP contribution in [0.15, 0.2) is 41.1 Å². The van der Waals surface area contributed by atoms with Crippen molar-refractivity contribution in [2.45, 2.75) is 70.7 Å². The molecule has 2 amide bonds. The van der Waals surface area contributed by atoms with Crippen molar-refractivity contribution in [1.29, 1.82) is 0 Å². The number of nitrogens with zero attached hydrogens (tertiary/aromatic N) is 5. The van der Waals surface area contributed by atoms with Crippen LogP contribution < -0.4 is 20.3 Å². The van der Waals surface area contributed by atoms with Gasteiger partial charge in [-0.05, 0) is 80.8 Å². The predicted molar refractivity (Wildman–Crippen MR) is 176 cm³/mol. The summed E-state index contributed by atoms with van der Waals surface area (Å²) in [5, 5.41) is 17.4. The lowest BCUT2D eigenvalue weighted by Crippen LogP contribution is -2.49. The van der Waals surface area contributed by atoms with Gasteiger partial charge < -0.3 is 34.7 Å². The Morgan fingerprint density at radius 3 is 2.62 bits per heavy atom. The summed E-state index contributed by atoms with van der Waals surface area (Å²) in [4.78, 5) is 41.2. The van der Waals surface area contributed by atoms with Crippen molar-refractivity contribution in [3.8, 4) is 5.75 Å². The van der Waals surface area contributed by atoms with Gasteiger partial charge >= 0.3 is 0 Å². The molecule has 250 valence electrons. The Bertz CT molecular complexity index is 1580. The number of nitrogens with one attached hydrogen (secondary N) is 2. The van der Waals surface area contributed by atoms with Gasteiger partial charge in [0.1, 0.15) is 24.0 Å². The summed E-state index contributed by atoms with van der Waals surface area (Å²) in [5.74, 6) is 3.23. The number of hydrogen-bond donors (Lipinski definition) is 3. The average Bonchev–Trinajstić information content (AvgIpc) is 3.84. The molecule has 2 aliphatic carbocycles. The number of anilines is 2. The van der Waals surface area contributed by atoms with Gasteiger partial charge in [-0.1, -0.05) is 6.07 Å². The third kappa shape index (κ3) is 7.70. The first kappa shape index (κ1) is 31.4. The van der Waals surface area contributed by atoms with Crippen LogP contribution in [0.5, 0.6) is 5.75 Å². The molecule has 0 radical (unpaired) electrons. The van der Waals surface area contributed by atoms with Crippen molar-refractivity contribution in [3.63, 3.8) is 0 Å². The lowest BCUT2D eigenvalue weighted by molar-refractivity contribution is -0.132. The van der Waals surface area contributed by atoms with Crippen LogP contribution in [0.25, 0.3) is 0 Å². The number of piperazine rings is 1. The fraction of sp³-hybridized carbons (Fsp3) is 0.543. The van der Waals surface area contributed by atoms with Gasteiger partial charge in [-0.15, -0.1) is 0 Å². The first-order valence-electron chi connectivity index (χ1n) is 17.0. The second kappa shape index (κ2) is 13.9. The summed E-state index contributed by atoms with van der Waals surface area (Å²) < 4.78 is 11.3. The molecule has 2 aromatic heterocycles. The zero-order valence-corrected chi connectivity index (χ0v) is 27.1. The molecule has 3 N–H and O–H groups in total. The molecular weight excluding hydrogens is 598 g/mol. The standard InChI is InChI=1S/C35H45N7O5/c1-23-31(47-22-37-23)21-46-30-8-7-26-19-40(10-9-25(26)15-30)20-29(43)18-36-34(44)27-16-32(38-28-3-2-4-28)39-33(17-27)41-11-13-42(14-12-41)35(45)24-5-6-24/h7-8,15-17,22,24,28-29,43H,2-6,9-14,18-21H2,1H3,(H,36,44)(H,38,39)/t29-/m0/s1. The van der Waals surface area contributed by atoms with Crippen LogP contribution in [0, 0.1) is 12.8 Å². The van der Waals surface area contributed by atoms with Gasteiger partial charge in [0, 0.05) is 69.9 Å². The molecule has 0 unspecified atom stereocenters. The maximum absolute atomic E-state index is 13.4. The van der Waals surface area contributed by atoms with Crippen LogP contribution >= 0.6 is 0 Å². The maximum atomic E-state index is 13.4. The van der Waals surface area contributed by atoms with E-state index in [1.54, 1.807) is 0 Å². The number of oxazole rings is 1. The van der Waals surface area contributed by atoms with Crippen LogP contribution in [-0.4, -0.2) is 94.6 Å². The Kier molecular flexibility index (Phi) is 9.30. The number of carbonyl (C=O) groups is 2. The van der Waals surface area contributed by atoms with Gasteiger partial charge in [0.15, 0.2) is 12.2 Å². The second-order valence-corrected chi connectivity index (χ2v) is 13.4. The van der Waals surface area contributed by atoms with E-state index >= 15 is 0 Å². The number of β-amino-alcohol motifs (C(OH)–C–C–N with tert-alkyl or cyclic N) is 1. The van der Waals surface area contributed by atoms with Crippen molar-refractivity contribution >= 4 is 23.5 Å². The molecule has 2 aliphatic heterocycles. The molecule has 47 heavy (non-hydrogen) atoms. The molecule has 7 rings (SSSR count). The maximum Gasteiger partial charge on any atom is 0.251 e. The molecule has 0 spiro atoms. The third-order valence-corrected chi connectivity index (χ3v) is 9.82. The smallest absolute Gasteiger partial charge is 0.251 e. The van der Waals surface area contributed by atoms with Crippen LogP contribution in [0.2, 0.25) is 0 Å². The highest BCUT2D eigenvalue weighted by Crippen LogP contribution is 2.32. The number of aromatic nitrogens is 2. The highest BCUT2D eigenvalue weighted by Gasteiger charge is 2.35. The Hall–Kier alpha value is -4.16. The fourth-order valence-electron chi connectivity index (χ4n) is 6.51. The largest absolute Gasteiger partial charge is 0.486 e. The Balaban J connectivity index is 0.919. The molecule has 1 atom stereocenters. The summed E-state index contributed by atoms with van der Waals surface area (Å²) in [6, 6.07) is 10.1. The van der Waals surface area contributed by atoms with Gasteiger partial charge in [0.2, 0.25) is 5.91 Å². The van der Waals surface area contributed by atoms with Crippen molar-refractivity contribution in [3.05, 3.63) is 64.9 Å². The number of aliphatic hydroxyl groups is 1. The first-order chi connectivity index (χ1) is 22.9. The van der Waals surface area contributed by atoms with Crippen LogP contribution in [-0.2, 0) is 24.4 Å². The average molecular weight is 644 g/mol. The summed E-state index contributed by atoms with van der Waals surface area (Å²) >= 11 is 0. The van der Waals surface area contributed by atoms with E-state index in [0.717, 1.165) is 68.2 Å². The first-order valence-corrected chi connectivity index (χ1v) is 17.0. The number of hydrogen-bond acceptors (Lipinski definition) is 10. The molecule has 3 aromatic rings. The van der Waals surface area contributed by atoms with Gasteiger partial charge in [0.25, 0.3) is 5.91 Å². The monoisotopic (exact) mass is 643 g/mol. The highest BCUT2D eigenvalue weighted by atomic mass is 16.5. The summed E-state index contributed by atoms with van der Waals surface area (Å²) in [7, 11) is 0. The molecule has 3 fully saturated rings. The number of aryl methyl sites for hydroxylation is 1. The van der Waals surface area contributed by atoms with Gasteiger partial charge in [-0.2, -0.15) is 0 Å². The van der Waals surface area contributed by atoms with Gasteiger partial charge in [-0.25, -0.2) is 9.97 Å². The van der Waals surface area contributed by atoms with E-state index in [9.17, 15) is 14.7 Å². The minimum Gasteiger partial charge on any atom is -0.486 e. The fourth-order valence-corrected chi connectivity index (χ4v) is 6.51. The minimum atomic E-state index is -0.709. The highest BCUT2D eigenvalue weighted by molar-refractivity contribution is 5.95. The van der Waals surface area contributed by atoms with Crippen LogP contribution in [0.1, 0.15) is 65.0 Å². The summed E-state index contributed by atoms with van der Waals surface area (Å²) in [6.45, 7) is 7.11. The molecule has 12 heteroatoms. The molecule has 0 bridgehead atoms. The molecule has 1 aromatic carbocycles. The summed E-state index contributed by atoms with van der Waals surface area (Å²) in [6.07, 6.45) is 6.99. The number of aliphatic hydroxyl groups excluding tert-OH is 1. The molecule has 4 aliphatic rings. The number of carbonyl (C=O) groups excluding carboxylic acids is 2. The Morgan fingerprint density at radius 2 is 1.89 bits per heavy atom. The van der Waals surface area contributed by atoms with Crippen molar-refractivity contribution in [2.75, 3.05) is 56.0 Å². The lowest BCUT2D eigenvalue weighted by Gasteiger charge is -2.36. The SMILES string of the molecule is Cc1ncoc1COc1ccc2c(c1)CCN(C[C@@H](O)CNC(=O)c1cc(NC3CCC3)nc(N3CCN(C(=O)C4CC4)CC3)c1)C2. The van der Waals surface area contributed by atoms with Gasteiger partial charge in [0.05, 0.1) is 11.8 Å². The third-order valence-electron chi connectivity index (χ3n) is 9.82. The second-order valence-electron chi connectivity index (χ2n) is 13.4. The lowest BCUT2D eigenvalue weighted by atomic mass is 9.93. The van der Waals surface area contributed by atoms with E-state index in [0.29, 0.717) is 56.8 Å². The predicted octanol–water partition coefficient (Wildman–Crippen LogP) is 3.13. The quantitative estimate of drug-likeness (QED) is 0.270. The van der Waals surface area contributed by atoms with E-state index in [4.69, 9.17) is 14.1 Å². The number of pyridine rings is 1. The molecule has 4 heterocycles. The molecule has 1 saturated heterocycles. The zero-order valence-electron chi connectivity index (χ0n) is 27.1.